The number of carbonyl (C=O) groups is 2. The molecule has 0 saturated carbocycles. The lowest BCUT2D eigenvalue weighted by Crippen LogP contribution is -2.37. The maximum atomic E-state index is 14.6. The van der Waals surface area contributed by atoms with Gasteiger partial charge < -0.3 is 14.2 Å². The number of hydrazone groups is 1. The normalized spacial score (nSPS) is 19.2. The van der Waals surface area contributed by atoms with Crippen LogP contribution >= 0.6 is 0 Å². The summed E-state index contributed by atoms with van der Waals surface area (Å²) in [5.41, 5.74) is 1.55. The van der Waals surface area contributed by atoms with Crippen molar-refractivity contribution in [2.24, 2.45) is 5.10 Å². The predicted molar refractivity (Wildman–Crippen MR) is 97.4 cm³/mol. The van der Waals surface area contributed by atoms with Crippen LogP contribution in [0.15, 0.2) is 40.2 Å². The van der Waals surface area contributed by atoms with Gasteiger partial charge in [0.2, 0.25) is 6.41 Å². The summed E-state index contributed by atoms with van der Waals surface area (Å²) in [6.45, 7) is 1.14. The number of cyclic esters (lactones) is 1. The average molecular weight is 387 g/mol. The van der Waals surface area contributed by atoms with E-state index in [9.17, 15) is 14.0 Å². The first-order chi connectivity index (χ1) is 13.6. The van der Waals surface area contributed by atoms with Gasteiger partial charge in [-0.15, -0.1) is 0 Å². The first-order valence-electron chi connectivity index (χ1n) is 8.83. The summed E-state index contributed by atoms with van der Waals surface area (Å²) < 4.78 is 24.8. The number of benzene rings is 1. The molecular formula is C18H18FN5O4. The standard InChI is InChI=1S/C18H18FN5O4/c19-16-9-14(2-4-17(16)22-6-7-23(12-25)20-11-22)24-10-15(28-18(24)26)3-1-13-5-8-27-21-13/h2,4-5,8-9,11-12,15H,1,3,6-7,10H2/t15-/m0/s1. The number of anilines is 2. The average Bonchev–Trinajstić information content (AvgIpc) is 3.36. The number of aromatic nitrogens is 1. The number of ether oxygens (including phenoxy) is 1. The van der Waals surface area contributed by atoms with Crippen LogP contribution in [-0.2, 0) is 16.0 Å². The van der Waals surface area contributed by atoms with Gasteiger partial charge in [-0.1, -0.05) is 5.16 Å². The molecule has 10 heteroatoms. The molecule has 0 spiro atoms. The van der Waals surface area contributed by atoms with Crippen molar-refractivity contribution >= 4 is 30.2 Å². The minimum atomic E-state index is -0.501. The second kappa shape index (κ2) is 7.67. The summed E-state index contributed by atoms with van der Waals surface area (Å²) >= 11 is 0. The first kappa shape index (κ1) is 18.0. The topological polar surface area (TPSA) is 91.5 Å². The number of halogens is 1. The molecular weight excluding hydrogens is 369 g/mol. The van der Waals surface area contributed by atoms with Crippen LogP contribution in [0.4, 0.5) is 20.6 Å². The Morgan fingerprint density at radius 2 is 2.18 bits per heavy atom. The lowest BCUT2D eigenvalue weighted by molar-refractivity contribution is -0.118. The van der Waals surface area contributed by atoms with E-state index in [0.29, 0.717) is 50.3 Å². The van der Waals surface area contributed by atoms with Crippen LogP contribution < -0.4 is 9.80 Å². The monoisotopic (exact) mass is 387 g/mol. The maximum absolute atomic E-state index is 14.6. The Morgan fingerprint density at radius 1 is 1.29 bits per heavy atom. The number of rotatable bonds is 6. The zero-order chi connectivity index (χ0) is 19.5. The van der Waals surface area contributed by atoms with E-state index in [2.05, 4.69) is 10.3 Å². The smallest absolute Gasteiger partial charge is 0.414 e. The fourth-order valence-electron chi connectivity index (χ4n) is 3.17. The van der Waals surface area contributed by atoms with E-state index >= 15 is 0 Å². The molecule has 2 aliphatic heterocycles. The van der Waals surface area contributed by atoms with E-state index in [-0.39, 0.29) is 6.10 Å². The van der Waals surface area contributed by atoms with Crippen LogP contribution in [-0.4, -0.2) is 54.7 Å². The van der Waals surface area contributed by atoms with E-state index in [1.165, 1.54) is 28.6 Å². The Hall–Kier alpha value is -3.43. The minimum Gasteiger partial charge on any atom is -0.444 e. The molecule has 0 bridgehead atoms. The third kappa shape index (κ3) is 3.66. The van der Waals surface area contributed by atoms with Crippen molar-refractivity contribution in [3.05, 3.63) is 42.0 Å². The van der Waals surface area contributed by atoms with Crippen molar-refractivity contribution in [3.8, 4) is 0 Å². The highest BCUT2D eigenvalue weighted by Gasteiger charge is 2.32. The number of hydrogen-bond donors (Lipinski definition) is 0. The lowest BCUT2D eigenvalue weighted by atomic mass is 10.1. The van der Waals surface area contributed by atoms with Crippen molar-refractivity contribution in [3.63, 3.8) is 0 Å². The third-order valence-electron chi connectivity index (χ3n) is 4.67. The minimum absolute atomic E-state index is 0.296. The molecule has 1 fully saturated rings. The van der Waals surface area contributed by atoms with Gasteiger partial charge in [-0.3, -0.25) is 9.69 Å². The second-order valence-corrected chi connectivity index (χ2v) is 6.47. The molecule has 2 aromatic rings. The van der Waals surface area contributed by atoms with Gasteiger partial charge in [0, 0.05) is 12.6 Å². The fourth-order valence-corrected chi connectivity index (χ4v) is 3.17. The molecule has 146 valence electrons. The number of nitrogens with zero attached hydrogens (tertiary/aromatic N) is 5. The van der Waals surface area contributed by atoms with Crippen molar-refractivity contribution in [1.29, 1.82) is 0 Å². The SMILES string of the molecule is O=CN1CCN(c2ccc(N3C[C@H](CCc4ccon4)OC3=O)cc2F)C=N1. The van der Waals surface area contributed by atoms with Gasteiger partial charge in [0.25, 0.3) is 0 Å². The van der Waals surface area contributed by atoms with E-state index in [1.807, 2.05) is 0 Å². The molecule has 0 N–H and O–H groups in total. The van der Waals surface area contributed by atoms with Crippen LogP contribution in [0.5, 0.6) is 0 Å². The van der Waals surface area contributed by atoms with Gasteiger partial charge in [-0.2, -0.15) is 5.10 Å². The van der Waals surface area contributed by atoms with Crippen molar-refractivity contribution in [2.75, 3.05) is 29.4 Å². The highest BCUT2D eigenvalue weighted by molar-refractivity contribution is 5.90. The van der Waals surface area contributed by atoms with Gasteiger partial charge in [-0.05, 0) is 31.0 Å². The van der Waals surface area contributed by atoms with Crippen molar-refractivity contribution in [1.82, 2.24) is 10.2 Å². The van der Waals surface area contributed by atoms with Gasteiger partial charge in [-0.25, -0.2) is 14.2 Å². The van der Waals surface area contributed by atoms with E-state index < -0.39 is 11.9 Å². The molecule has 0 unspecified atom stereocenters. The number of hydrogen-bond acceptors (Lipinski definition) is 7. The summed E-state index contributed by atoms with van der Waals surface area (Å²) in [7, 11) is 0. The second-order valence-electron chi connectivity index (χ2n) is 6.47. The zero-order valence-electron chi connectivity index (χ0n) is 14.9. The first-order valence-corrected chi connectivity index (χ1v) is 8.83. The molecule has 1 atom stereocenters. The molecule has 2 amide bonds. The highest BCUT2D eigenvalue weighted by Crippen LogP contribution is 2.28. The Kier molecular flexibility index (Phi) is 4.92. The molecule has 1 aromatic heterocycles. The Morgan fingerprint density at radius 3 is 2.86 bits per heavy atom. The molecule has 4 rings (SSSR count). The van der Waals surface area contributed by atoms with E-state index in [1.54, 1.807) is 23.1 Å². The van der Waals surface area contributed by atoms with Crippen LogP contribution in [0.25, 0.3) is 0 Å². The molecule has 1 saturated heterocycles. The Balaban J connectivity index is 1.42. The number of amides is 2. The molecule has 0 aliphatic carbocycles. The quantitative estimate of drug-likeness (QED) is 0.704. The molecule has 0 radical (unpaired) electrons. The lowest BCUT2D eigenvalue weighted by Gasteiger charge is -2.27. The van der Waals surface area contributed by atoms with Gasteiger partial charge >= 0.3 is 6.09 Å². The predicted octanol–water partition coefficient (Wildman–Crippen LogP) is 1.99. The molecule has 1 aromatic carbocycles. The highest BCUT2D eigenvalue weighted by atomic mass is 19.1. The summed E-state index contributed by atoms with van der Waals surface area (Å²) in [6.07, 6.45) is 3.95. The number of aryl methyl sites for hydroxylation is 1. The third-order valence-corrected chi connectivity index (χ3v) is 4.67. The molecule has 28 heavy (non-hydrogen) atoms. The fraction of sp³-hybridized carbons (Fsp3) is 0.333. The Bertz CT molecular complexity index is 888. The maximum Gasteiger partial charge on any atom is 0.414 e. The molecule has 2 aliphatic rings. The van der Waals surface area contributed by atoms with Crippen molar-refractivity contribution in [2.45, 2.75) is 18.9 Å². The molecule has 9 nitrogen and oxygen atoms in total. The summed E-state index contributed by atoms with van der Waals surface area (Å²) in [6, 6.07) is 6.32. The van der Waals surface area contributed by atoms with Crippen LogP contribution in [0.2, 0.25) is 0 Å². The summed E-state index contributed by atoms with van der Waals surface area (Å²) in [5, 5.41) is 8.98. The van der Waals surface area contributed by atoms with Gasteiger partial charge in [0.15, 0.2) is 0 Å². The Labute approximate surface area is 159 Å². The van der Waals surface area contributed by atoms with Gasteiger partial charge in [0.1, 0.15) is 24.5 Å². The van der Waals surface area contributed by atoms with E-state index in [0.717, 1.165) is 5.69 Å². The van der Waals surface area contributed by atoms with Crippen LogP contribution in [0.3, 0.4) is 0 Å². The summed E-state index contributed by atoms with van der Waals surface area (Å²) in [5.74, 6) is -0.484. The van der Waals surface area contributed by atoms with Crippen molar-refractivity contribution < 1.29 is 23.2 Å². The summed E-state index contributed by atoms with van der Waals surface area (Å²) in [4.78, 5) is 25.9. The van der Waals surface area contributed by atoms with Crippen LogP contribution in [0, 0.1) is 5.82 Å². The van der Waals surface area contributed by atoms with Crippen LogP contribution in [0.1, 0.15) is 12.1 Å². The van der Waals surface area contributed by atoms with Gasteiger partial charge in [0.05, 0.1) is 30.2 Å². The number of carbonyl (C=O) groups excluding carboxylic acids is 2. The largest absolute Gasteiger partial charge is 0.444 e. The zero-order valence-corrected chi connectivity index (χ0v) is 14.9. The molecule has 3 heterocycles. The van der Waals surface area contributed by atoms with E-state index in [4.69, 9.17) is 9.26 Å².